The Morgan fingerprint density at radius 1 is 1.24 bits per heavy atom. The SMILES string of the molecule is O=C(O)CC1CN(C(=O)c2cccc(OCC3CCCO3)c2)CCO1. The van der Waals surface area contributed by atoms with E-state index in [1.54, 1.807) is 23.1 Å². The number of hydrogen-bond acceptors (Lipinski definition) is 5. The summed E-state index contributed by atoms with van der Waals surface area (Å²) < 4.78 is 16.7. The van der Waals surface area contributed by atoms with Gasteiger partial charge in [-0.25, -0.2) is 0 Å². The molecule has 2 saturated heterocycles. The van der Waals surface area contributed by atoms with Crippen molar-refractivity contribution in [3.63, 3.8) is 0 Å². The molecule has 0 bridgehead atoms. The number of carboxylic acids is 1. The average molecular weight is 349 g/mol. The van der Waals surface area contributed by atoms with Gasteiger partial charge in [-0.15, -0.1) is 0 Å². The van der Waals surface area contributed by atoms with Gasteiger partial charge in [0.25, 0.3) is 5.91 Å². The van der Waals surface area contributed by atoms with Gasteiger partial charge in [-0.05, 0) is 31.0 Å². The van der Waals surface area contributed by atoms with Crippen molar-refractivity contribution in [3.05, 3.63) is 29.8 Å². The molecule has 136 valence electrons. The van der Waals surface area contributed by atoms with Crippen LogP contribution in [0.3, 0.4) is 0 Å². The van der Waals surface area contributed by atoms with Crippen molar-refractivity contribution in [1.82, 2.24) is 4.90 Å². The highest BCUT2D eigenvalue weighted by Gasteiger charge is 2.26. The Hall–Kier alpha value is -2.12. The van der Waals surface area contributed by atoms with Crippen molar-refractivity contribution >= 4 is 11.9 Å². The Balaban J connectivity index is 1.59. The standard InChI is InChI=1S/C18H23NO6/c20-17(21)10-16-11-19(6-8-24-16)18(22)13-3-1-4-14(9-13)25-12-15-5-2-7-23-15/h1,3-4,9,15-16H,2,5-8,10-12H2,(H,20,21). The molecule has 0 saturated carbocycles. The summed E-state index contributed by atoms with van der Waals surface area (Å²) in [5.74, 6) is -0.429. The normalized spacial score (nSPS) is 23.4. The molecule has 0 spiro atoms. The molecule has 1 amide bonds. The first-order chi connectivity index (χ1) is 12.1. The van der Waals surface area contributed by atoms with Crippen molar-refractivity contribution in [2.75, 3.05) is 32.9 Å². The van der Waals surface area contributed by atoms with Crippen molar-refractivity contribution in [2.45, 2.75) is 31.5 Å². The fourth-order valence-electron chi connectivity index (χ4n) is 3.09. The van der Waals surface area contributed by atoms with Crippen molar-refractivity contribution < 1.29 is 28.9 Å². The smallest absolute Gasteiger partial charge is 0.306 e. The lowest BCUT2D eigenvalue weighted by Crippen LogP contribution is -2.46. The minimum atomic E-state index is -0.927. The molecule has 1 N–H and O–H groups in total. The highest BCUT2D eigenvalue weighted by molar-refractivity contribution is 5.94. The number of hydrogen-bond donors (Lipinski definition) is 1. The lowest BCUT2D eigenvalue weighted by molar-refractivity contribution is -0.141. The first-order valence-corrected chi connectivity index (χ1v) is 8.59. The fourth-order valence-corrected chi connectivity index (χ4v) is 3.09. The molecule has 2 unspecified atom stereocenters. The van der Waals surface area contributed by atoms with E-state index in [0.717, 1.165) is 19.4 Å². The quantitative estimate of drug-likeness (QED) is 0.839. The highest BCUT2D eigenvalue weighted by Crippen LogP contribution is 2.19. The summed E-state index contributed by atoms with van der Waals surface area (Å²) in [6, 6.07) is 7.06. The number of carboxylic acid groups (broad SMARTS) is 1. The molecule has 2 fully saturated rings. The zero-order chi connectivity index (χ0) is 17.6. The molecule has 0 radical (unpaired) electrons. The van der Waals surface area contributed by atoms with Crippen molar-refractivity contribution in [2.24, 2.45) is 0 Å². The van der Waals surface area contributed by atoms with Crippen LogP contribution >= 0.6 is 0 Å². The van der Waals surface area contributed by atoms with E-state index in [-0.39, 0.29) is 25.0 Å². The fraction of sp³-hybridized carbons (Fsp3) is 0.556. The summed E-state index contributed by atoms with van der Waals surface area (Å²) in [5, 5.41) is 8.88. The van der Waals surface area contributed by atoms with Crippen LogP contribution in [0.1, 0.15) is 29.6 Å². The number of carbonyl (C=O) groups excluding carboxylic acids is 1. The molecule has 7 heteroatoms. The van der Waals surface area contributed by atoms with E-state index in [2.05, 4.69) is 0 Å². The lowest BCUT2D eigenvalue weighted by atomic mass is 10.1. The third-order valence-electron chi connectivity index (χ3n) is 4.37. The topological polar surface area (TPSA) is 85.3 Å². The van der Waals surface area contributed by atoms with Gasteiger partial charge < -0.3 is 24.2 Å². The molecule has 1 aromatic carbocycles. The predicted octanol–water partition coefficient (Wildman–Crippen LogP) is 1.56. The molecular formula is C18H23NO6. The van der Waals surface area contributed by atoms with Crippen LogP contribution in [-0.2, 0) is 14.3 Å². The van der Waals surface area contributed by atoms with Crippen molar-refractivity contribution in [3.8, 4) is 5.75 Å². The molecular weight excluding hydrogens is 326 g/mol. The first-order valence-electron chi connectivity index (χ1n) is 8.59. The Kier molecular flexibility index (Phi) is 5.88. The second-order valence-corrected chi connectivity index (χ2v) is 6.32. The van der Waals surface area contributed by atoms with E-state index < -0.39 is 12.1 Å². The third kappa shape index (κ3) is 4.93. The van der Waals surface area contributed by atoms with Gasteiger partial charge >= 0.3 is 5.97 Å². The molecule has 2 atom stereocenters. The van der Waals surface area contributed by atoms with Gasteiger partial charge in [-0.2, -0.15) is 0 Å². The van der Waals surface area contributed by atoms with E-state index >= 15 is 0 Å². The number of benzene rings is 1. The largest absolute Gasteiger partial charge is 0.491 e. The molecule has 0 aliphatic carbocycles. The Bertz CT molecular complexity index is 613. The third-order valence-corrected chi connectivity index (χ3v) is 4.37. The predicted molar refractivity (Wildman–Crippen MR) is 88.8 cm³/mol. The number of aliphatic carboxylic acids is 1. The van der Waals surface area contributed by atoms with Gasteiger partial charge in [-0.3, -0.25) is 9.59 Å². The van der Waals surface area contributed by atoms with E-state index in [1.165, 1.54) is 0 Å². The van der Waals surface area contributed by atoms with Crippen LogP contribution < -0.4 is 4.74 Å². The van der Waals surface area contributed by atoms with E-state index in [1.807, 2.05) is 6.07 Å². The summed E-state index contributed by atoms with van der Waals surface area (Å²) in [7, 11) is 0. The van der Waals surface area contributed by atoms with Crippen molar-refractivity contribution in [1.29, 1.82) is 0 Å². The summed E-state index contributed by atoms with van der Waals surface area (Å²) in [6.07, 6.45) is 1.61. The highest BCUT2D eigenvalue weighted by atomic mass is 16.5. The van der Waals surface area contributed by atoms with Crippen LogP contribution in [-0.4, -0.2) is 67.0 Å². The van der Waals surface area contributed by atoms with Crippen LogP contribution in [0.15, 0.2) is 24.3 Å². The van der Waals surface area contributed by atoms with Gasteiger partial charge in [0, 0.05) is 25.3 Å². The Labute approximate surface area is 146 Å². The van der Waals surface area contributed by atoms with Gasteiger partial charge in [-0.1, -0.05) is 6.07 Å². The molecule has 2 heterocycles. The van der Waals surface area contributed by atoms with Gasteiger partial charge in [0.1, 0.15) is 12.4 Å². The molecule has 2 aliphatic heterocycles. The van der Waals surface area contributed by atoms with Gasteiger partial charge in [0.15, 0.2) is 0 Å². The molecule has 7 nitrogen and oxygen atoms in total. The lowest BCUT2D eigenvalue weighted by Gasteiger charge is -2.32. The van der Waals surface area contributed by atoms with Gasteiger partial charge in [0.05, 0.1) is 25.2 Å². The van der Waals surface area contributed by atoms with E-state index in [9.17, 15) is 9.59 Å². The molecule has 2 aliphatic rings. The zero-order valence-electron chi connectivity index (χ0n) is 14.1. The number of carbonyl (C=O) groups is 2. The maximum atomic E-state index is 12.7. The van der Waals surface area contributed by atoms with E-state index in [4.69, 9.17) is 19.3 Å². The maximum absolute atomic E-state index is 12.7. The summed E-state index contributed by atoms with van der Waals surface area (Å²) in [6.45, 7) is 2.35. The maximum Gasteiger partial charge on any atom is 0.306 e. The average Bonchev–Trinajstić information content (AvgIpc) is 3.13. The second kappa shape index (κ2) is 8.31. The molecule has 0 aromatic heterocycles. The summed E-state index contributed by atoms with van der Waals surface area (Å²) >= 11 is 0. The van der Waals surface area contributed by atoms with Gasteiger partial charge in [0.2, 0.25) is 0 Å². The number of morpholine rings is 1. The van der Waals surface area contributed by atoms with Crippen LogP contribution in [0.25, 0.3) is 0 Å². The monoisotopic (exact) mass is 349 g/mol. The molecule has 25 heavy (non-hydrogen) atoms. The number of rotatable bonds is 6. The number of amides is 1. The molecule has 1 aromatic rings. The summed E-state index contributed by atoms with van der Waals surface area (Å²) in [5.41, 5.74) is 0.529. The second-order valence-electron chi connectivity index (χ2n) is 6.32. The van der Waals surface area contributed by atoms with Crippen LogP contribution in [0, 0.1) is 0 Å². The van der Waals surface area contributed by atoms with E-state index in [0.29, 0.717) is 31.1 Å². The first kappa shape index (κ1) is 17.7. The Morgan fingerprint density at radius 2 is 2.08 bits per heavy atom. The number of ether oxygens (including phenoxy) is 3. The Morgan fingerprint density at radius 3 is 2.84 bits per heavy atom. The minimum Gasteiger partial charge on any atom is -0.491 e. The minimum absolute atomic E-state index is 0.103. The summed E-state index contributed by atoms with van der Waals surface area (Å²) in [4.78, 5) is 25.2. The van der Waals surface area contributed by atoms with Crippen LogP contribution in [0.2, 0.25) is 0 Å². The number of nitrogens with zero attached hydrogens (tertiary/aromatic N) is 1. The van der Waals surface area contributed by atoms with Crippen LogP contribution in [0.5, 0.6) is 5.75 Å². The van der Waals surface area contributed by atoms with Crippen LogP contribution in [0.4, 0.5) is 0 Å². The molecule has 3 rings (SSSR count). The zero-order valence-corrected chi connectivity index (χ0v) is 14.1.